The Balaban J connectivity index is 1.68. The van der Waals surface area contributed by atoms with E-state index in [0.717, 1.165) is 22.0 Å². The van der Waals surface area contributed by atoms with Gasteiger partial charge in [-0.2, -0.15) is 0 Å². The van der Waals surface area contributed by atoms with Crippen molar-refractivity contribution in [1.82, 2.24) is 10.6 Å². The van der Waals surface area contributed by atoms with Gasteiger partial charge in [0.25, 0.3) is 0 Å². The van der Waals surface area contributed by atoms with Crippen molar-refractivity contribution in [2.75, 3.05) is 5.32 Å². The van der Waals surface area contributed by atoms with Crippen LogP contribution in [0.15, 0.2) is 78.9 Å². The summed E-state index contributed by atoms with van der Waals surface area (Å²) < 4.78 is -1.83. The van der Waals surface area contributed by atoms with E-state index < -0.39 is 15.9 Å². The predicted molar refractivity (Wildman–Crippen MR) is 131 cm³/mol. The summed E-state index contributed by atoms with van der Waals surface area (Å²) in [4.78, 5) is 12.3. The van der Waals surface area contributed by atoms with Crippen LogP contribution >= 0.6 is 47.0 Å². The van der Waals surface area contributed by atoms with Gasteiger partial charge in [-0.15, -0.1) is 0 Å². The molecule has 0 aliphatic heterocycles. The number of amides is 1. The van der Waals surface area contributed by atoms with E-state index in [1.807, 2.05) is 72.8 Å². The molecular weight excluding hydrogens is 461 g/mol. The average molecular weight is 479 g/mol. The first-order valence-electron chi connectivity index (χ1n) is 8.98. The molecule has 0 saturated carbocycles. The molecule has 0 spiro atoms. The molecule has 0 radical (unpaired) electrons. The van der Waals surface area contributed by atoms with E-state index in [0.29, 0.717) is 0 Å². The van der Waals surface area contributed by atoms with Gasteiger partial charge in [0.1, 0.15) is 6.17 Å². The number of carbonyl (C=O) groups is 1. The molecule has 154 valence electrons. The highest BCUT2D eigenvalue weighted by Crippen LogP contribution is 2.29. The van der Waals surface area contributed by atoms with E-state index >= 15 is 0 Å². The van der Waals surface area contributed by atoms with Crippen LogP contribution in [0.5, 0.6) is 0 Å². The van der Waals surface area contributed by atoms with Gasteiger partial charge in [-0.3, -0.25) is 4.79 Å². The first-order valence-corrected chi connectivity index (χ1v) is 10.5. The van der Waals surface area contributed by atoms with Crippen LogP contribution in [-0.2, 0) is 4.79 Å². The van der Waals surface area contributed by atoms with Crippen LogP contribution in [0.4, 0.5) is 5.69 Å². The zero-order valence-electron chi connectivity index (χ0n) is 15.6. The highest BCUT2D eigenvalue weighted by molar-refractivity contribution is 7.80. The maximum absolute atomic E-state index is 12.3. The number of anilines is 1. The third kappa shape index (κ3) is 6.34. The molecule has 4 nitrogen and oxygen atoms in total. The first kappa shape index (κ1) is 22.4. The summed E-state index contributed by atoms with van der Waals surface area (Å²) in [5.74, 6) is -0.435. The van der Waals surface area contributed by atoms with E-state index in [1.165, 1.54) is 6.08 Å². The Hall–Kier alpha value is -2.31. The second kappa shape index (κ2) is 10.1. The number of hydrogen-bond donors (Lipinski definition) is 3. The van der Waals surface area contributed by atoms with E-state index in [4.69, 9.17) is 47.0 Å². The van der Waals surface area contributed by atoms with Crippen LogP contribution in [0.3, 0.4) is 0 Å². The van der Waals surface area contributed by atoms with Crippen molar-refractivity contribution in [2.45, 2.75) is 9.96 Å². The molecule has 1 amide bonds. The summed E-state index contributed by atoms with van der Waals surface area (Å²) in [7, 11) is 0. The number of fused-ring (bicyclic) bond motifs is 1. The summed E-state index contributed by atoms with van der Waals surface area (Å²) in [5.41, 5.74) is 1.67. The number of hydrogen-bond acceptors (Lipinski definition) is 2. The van der Waals surface area contributed by atoms with Crippen molar-refractivity contribution in [2.24, 2.45) is 0 Å². The fourth-order valence-corrected chi connectivity index (χ4v) is 3.31. The fraction of sp³-hybridized carbons (Fsp3) is 0.0909. The van der Waals surface area contributed by atoms with Gasteiger partial charge in [0.05, 0.1) is 0 Å². The van der Waals surface area contributed by atoms with Gasteiger partial charge in [-0.25, -0.2) is 0 Å². The van der Waals surface area contributed by atoms with Crippen LogP contribution in [0, 0.1) is 0 Å². The zero-order valence-corrected chi connectivity index (χ0v) is 18.7. The smallest absolute Gasteiger partial charge is 0.245 e. The Morgan fingerprint density at radius 2 is 1.57 bits per heavy atom. The number of carbonyl (C=O) groups excluding carboxylic acids is 1. The molecule has 3 aromatic rings. The molecule has 0 saturated heterocycles. The Labute approximate surface area is 195 Å². The molecular formula is C22H18Cl3N3OS. The third-order valence-corrected chi connectivity index (χ3v) is 5.03. The van der Waals surface area contributed by atoms with Crippen molar-refractivity contribution in [3.8, 4) is 0 Å². The monoisotopic (exact) mass is 477 g/mol. The second-order valence-electron chi connectivity index (χ2n) is 6.35. The molecule has 8 heteroatoms. The number of nitrogens with one attached hydrogen (secondary N) is 3. The van der Waals surface area contributed by atoms with E-state index in [9.17, 15) is 4.79 Å². The van der Waals surface area contributed by atoms with Crippen LogP contribution in [-0.4, -0.2) is 21.0 Å². The summed E-state index contributed by atoms with van der Waals surface area (Å²) in [6.07, 6.45) is 1.98. The molecule has 0 fully saturated rings. The lowest BCUT2D eigenvalue weighted by Crippen LogP contribution is -2.55. The average Bonchev–Trinajstić information content (AvgIpc) is 2.72. The number of alkyl halides is 3. The lowest BCUT2D eigenvalue weighted by atomic mass is 10.1. The molecule has 3 N–H and O–H groups in total. The molecule has 0 aromatic heterocycles. The first-order chi connectivity index (χ1) is 14.3. The van der Waals surface area contributed by atoms with E-state index in [-0.39, 0.29) is 5.11 Å². The topological polar surface area (TPSA) is 53.2 Å². The van der Waals surface area contributed by atoms with Crippen LogP contribution in [0.1, 0.15) is 5.56 Å². The van der Waals surface area contributed by atoms with Crippen molar-refractivity contribution in [3.05, 3.63) is 84.4 Å². The lowest BCUT2D eigenvalue weighted by Gasteiger charge is -2.27. The quantitative estimate of drug-likeness (QED) is 0.192. The predicted octanol–water partition coefficient (Wildman–Crippen LogP) is 5.65. The van der Waals surface area contributed by atoms with Gasteiger partial charge in [-0.05, 0) is 35.3 Å². The van der Waals surface area contributed by atoms with E-state index in [2.05, 4.69) is 16.0 Å². The van der Waals surface area contributed by atoms with Gasteiger partial charge in [-0.1, -0.05) is 102 Å². The van der Waals surface area contributed by atoms with Gasteiger partial charge < -0.3 is 16.0 Å². The third-order valence-electron chi connectivity index (χ3n) is 4.15. The second-order valence-corrected chi connectivity index (χ2v) is 9.13. The van der Waals surface area contributed by atoms with Gasteiger partial charge in [0, 0.05) is 17.1 Å². The minimum absolute atomic E-state index is 0.204. The minimum atomic E-state index is -1.83. The van der Waals surface area contributed by atoms with Crippen LogP contribution in [0.2, 0.25) is 0 Å². The van der Waals surface area contributed by atoms with Gasteiger partial charge in [0.15, 0.2) is 5.11 Å². The van der Waals surface area contributed by atoms with Gasteiger partial charge in [0.2, 0.25) is 9.70 Å². The maximum atomic E-state index is 12.3. The Bertz CT molecular complexity index is 1060. The van der Waals surface area contributed by atoms with Crippen LogP contribution in [0.25, 0.3) is 16.8 Å². The summed E-state index contributed by atoms with van der Waals surface area (Å²) >= 11 is 23.5. The normalized spacial score (nSPS) is 12.5. The minimum Gasteiger partial charge on any atom is -0.339 e. The molecule has 0 aliphatic rings. The number of halogens is 3. The SMILES string of the molecule is O=C(/C=C\c1ccccc1)N[C@@H](NC(=S)Nc1cccc2ccccc12)C(Cl)(Cl)Cl. The number of rotatable bonds is 5. The molecule has 3 rings (SSSR count). The highest BCUT2D eigenvalue weighted by Gasteiger charge is 2.34. The zero-order chi connectivity index (χ0) is 21.6. The van der Waals surface area contributed by atoms with E-state index in [1.54, 1.807) is 6.08 Å². The Kier molecular flexibility index (Phi) is 7.56. The fourth-order valence-electron chi connectivity index (χ4n) is 2.75. The molecule has 0 unspecified atom stereocenters. The van der Waals surface area contributed by atoms with Gasteiger partial charge >= 0.3 is 0 Å². The maximum Gasteiger partial charge on any atom is 0.245 e. The number of thiocarbonyl (C=S) groups is 1. The molecule has 30 heavy (non-hydrogen) atoms. The molecule has 3 aromatic carbocycles. The summed E-state index contributed by atoms with van der Waals surface area (Å²) in [5, 5.41) is 10.8. The number of benzene rings is 3. The summed E-state index contributed by atoms with van der Waals surface area (Å²) in [6.45, 7) is 0. The lowest BCUT2D eigenvalue weighted by molar-refractivity contribution is -0.117. The Morgan fingerprint density at radius 3 is 2.30 bits per heavy atom. The van der Waals surface area contributed by atoms with Crippen molar-refractivity contribution < 1.29 is 4.79 Å². The van der Waals surface area contributed by atoms with Crippen molar-refractivity contribution >= 4 is 80.6 Å². The van der Waals surface area contributed by atoms with Crippen molar-refractivity contribution in [1.29, 1.82) is 0 Å². The highest BCUT2D eigenvalue weighted by atomic mass is 35.6. The molecule has 0 bridgehead atoms. The molecule has 0 aliphatic carbocycles. The van der Waals surface area contributed by atoms with Crippen molar-refractivity contribution in [3.63, 3.8) is 0 Å². The summed E-state index contributed by atoms with van der Waals surface area (Å²) in [6, 6.07) is 23.1. The van der Waals surface area contributed by atoms with Crippen LogP contribution < -0.4 is 16.0 Å². The molecule has 0 heterocycles. The molecule has 1 atom stereocenters. The standard InChI is InChI=1S/C22H18Cl3N3OS/c23-22(24,25)20(27-19(29)14-13-15-7-2-1-3-8-15)28-21(30)26-18-12-6-10-16-9-4-5-11-17(16)18/h1-14,20H,(H,27,29)(H2,26,28,30)/b14-13-/t20-/m0/s1. The largest absolute Gasteiger partial charge is 0.339 e. The Morgan fingerprint density at radius 1 is 0.900 bits per heavy atom.